The number of fused-ring (bicyclic) bond motifs is 4. The van der Waals surface area contributed by atoms with Crippen molar-refractivity contribution in [1.82, 2.24) is 9.97 Å². The second-order valence-electron chi connectivity index (χ2n) is 12.8. The number of para-hydroxylation sites is 1. The number of hydrogen-bond acceptors (Lipinski definition) is 11. The third kappa shape index (κ3) is 7.15. The van der Waals surface area contributed by atoms with E-state index in [0.717, 1.165) is 43.1 Å². The van der Waals surface area contributed by atoms with Gasteiger partial charge in [-0.2, -0.15) is 0 Å². The molecule has 6 aromatic carbocycles. The number of thiazole rings is 2. The van der Waals surface area contributed by atoms with E-state index >= 15 is 0 Å². The molecule has 1 aliphatic rings. The maximum absolute atomic E-state index is 12.8. The van der Waals surface area contributed by atoms with Crippen LogP contribution in [0, 0.1) is 6.92 Å². The van der Waals surface area contributed by atoms with Crippen molar-refractivity contribution in [1.29, 1.82) is 0 Å². The number of phenolic OH excluding ortho intramolecular Hbond substituents is 1. The van der Waals surface area contributed by atoms with E-state index in [1.165, 1.54) is 16.3 Å². The van der Waals surface area contributed by atoms with Crippen LogP contribution in [-0.4, -0.2) is 41.3 Å². The number of ketones is 2. The van der Waals surface area contributed by atoms with Crippen molar-refractivity contribution in [2.24, 2.45) is 0 Å². The van der Waals surface area contributed by atoms with Gasteiger partial charge in [0.2, 0.25) is 10.0 Å². The Labute approximate surface area is 323 Å². The van der Waals surface area contributed by atoms with Crippen molar-refractivity contribution in [3.63, 3.8) is 0 Å². The maximum Gasteiger partial charge on any atom is 0.229 e. The summed E-state index contributed by atoms with van der Waals surface area (Å²) >= 11 is 3.31. The predicted octanol–water partition coefficient (Wildman–Crippen LogP) is 9.46. The van der Waals surface area contributed by atoms with Gasteiger partial charge in [0.25, 0.3) is 0 Å². The molecule has 1 aliphatic carbocycles. The van der Waals surface area contributed by atoms with Crippen molar-refractivity contribution < 1.29 is 27.9 Å². The molecule has 0 aliphatic heterocycles. The lowest BCUT2D eigenvalue weighted by molar-refractivity contribution is 0.0977. The molecule has 272 valence electrons. The van der Waals surface area contributed by atoms with E-state index in [9.17, 15) is 23.1 Å². The number of anilines is 2. The quantitative estimate of drug-likeness (QED) is 0.110. The number of nitrogens with zero attached hydrogens (tertiary/aromatic N) is 2. The molecule has 0 spiro atoms. The Kier molecular flexibility index (Phi) is 9.13. The van der Waals surface area contributed by atoms with Gasteiger partial charge in [0, 0.05) is 34.0 Å². The fourth-order valence-corrected chi connectivity index (χ4v) is 8.84. The highest BCUT2D eigenvalue weighted by Gasteiger charge is 2.35. The molecule has 0 radical (unpaired) electrons. The molecule has 10 nitrogen and oxygen atoms in total. The van der Waals surface area contributed by atoms with E-state index < -0.39 is 21.6 Å². The molecule has 0 fully saturated rings. The van der Waals surface area contributed by atoms with Crippen LogP contribution in [-0.2, 0) is 10.0 Å². The first-order chi connectivity index (χ1) is 26.4. The third-order valence-electron chi connectivity index (χ3n) is 8.76. The molecule has 2 heterocycles. The van der Waals surface area contributed by atoms with Crippen LogP contribution in [0.3, 0.4) is 0 Å². The highest BCUT2D eigenvalue weighted by Crippen LogP contribution is 2.42. The van der Waals surface area contributed by atoms with Gasteiger partial charge in [-0.1, -0.05) is 48.5 Å². The van der Waals surface area contributed by atoms with E-state index in [1.54, 1.807) is 83.3 Å². The van der Waals surface area contributed by atoms with Crippen LogP contribution >= 0.6 is 22.7 Å². The summed E-state index contributed by atoms with van der Waals surface area (Å²) in [6.07, 6.45) is 1.14. The van der Waals surface area contributed by atoms with Gasteiger partial charge in [-0.3, -0.25) is 14.3 Å². The first-order valence-electron chi connectivity index (χ1n) is 16.8. The molecule has 9 rings (SSSR count). The van der Waals surface area contributed by atoms with E-state index in [1.807, 2.05) is 24.3 Å². The number of phenols is 1. The predicted molar refractivity (Wildman–Crippen MR) is 219 cm³/mol. The maximum atomic E-state index is 12.8. The molecule has 0 saturated heterocycles. The fourth-order valence-electron chi connectivity index (χ4n) is 6.21. The first kappa shape index (κ1) is 35.6. The molecule has 0 unspecified atom stereocenters. The van der Waals surface area contributed by atoms with Gasteiger partial charge < -0.3 is 15.6 Å². The summed E-state index contributed by atoms with van der Waals surface area (Å²) in [7, 11) is -3.29. The second kappa shape index (κ2) is 14.1. The molecular weight excluding hydrogens is 753 g/mol. The third-order valence-corrected chi connectivity index (χ3v) is 11.5. The minimum Gasteiger partial charge on any atom is -0.507 e. The second-order valence-corrected chi connectivity index (χ2v) is 16.6. The molecule has 0 atom stereocenters. The van der Waals surface area contributed by atoms with Gasteiger partial charge in [0.1, 0.15) is 21.5 Å². The molecule has 55 heavy (non-hydrogen) atoms. The lowest BCUT2D eigenvalue weighted by Crippen LogP contribution is -2.22. The van der Waals surface area contributed by atoms with Gasteiger partial charge in [0.05, 0.1) is 43.5 Å². The first-order valence-corrected chi connectivity index (χ1v) is 20.4. The Bertz CT molecular complexity index is 2920. The molecule has 0 bridgehead atoms. The number of aromatic hydroxyl groups is 1. The van der Waals surface area contributed by atoms with Crippen LogP contribution in [0.25, 0.3) is 41.6 Å². The molecular formula is C42H30N4O6S3. The normalized spacial score (nSPS) is 12.2. The van der Waals surface area contributed by atoms with Gasteiger partial charge >= 0.3 is 0 Å². The number of aromatic nitrogens is 2. The van der Waals surface area contributed by atoms with E-state index in [0.29, 0.717) is 11.4 Å². The van der Waals surface area contributed by atoms with Crippen LogP contribution in [0.2, 0.25) is 0 Å². The van der Waals surface area contributed by atoms with Crippen molar-refractivity contribution in [2.45, 2.75) is 6.92 Å². The van der Waals surface area contributed by atoms with Gasteiger partial charge in [-0.25, -0.2) is 18.4 Å². The zero-order valence-corrected chi connectivity index (χ0v) is 31.7. The highest BCUT2D eigenvalue weighted by molar-refractivity contribution is 7.92. The zero-order valence-electron chi connectivity index (χ0n) is 29.2. The van der Waals surface area contributed by atoms with E-state index in [2.05, 4.69) is 42.0 Å². The monoisotopic (exact) mass is 782 g/mol. The van der Waals surface area contributed by atoms with E-state index in [-0.39, 0.29) is 39.4 Å². The number of carbonyl (C=O) groups is 2. The number of carbonyl (C=O) groups excluding carboxylic acids is 2. The summed E-state index contributed by atoms with van der Waals surface area (Å²) in [6, 6.07) is 36.4. The Morgan fingerprint density at radius 1 is 0.691 bits per heavy atom. The summed E-state index contributed by atoms with van der Waals surface area (Å²) in [5, 5.41) is 12.2. The number of benzene rings is 6. The lowest BCUT2D eigenvalue weighted by atomic mass is 9.82. The molecule has 2 aromatic heterocycles. The average molecular weight is 783 g/mol. The highest BCUT2D eigenvalue weighted by atomic mass is 32.2. The van der Waals surface area contributed by atoms with E-state index in [4.69, 9.17) is 20.4 Å². The topological polar surface area (TPSA) is 162 Å². The van der Waals surface area contributed by atoms with Crippen molar-refractivity contribution in [3.05, 3.63) is 149 Å². The lowest BCUT2D eigenvalue weighted by Gasteiger charge is -2.21. The van der Waals surface area contributed by atoms with Gasteiger partial charge in [-0.05, 0) is 79.2 Å². The fraction of sp³-hybridized carbons (Fsp3) is 0.0476. The molecule has 0 saturated carbocycles. The molecule has 8 aromatic rings. The van der Waals surface area contributed by atoms with Crippen LogP contribution in [0.5, 0.6) is 17.2 Å². The Morgan fingerprint density at radius 3 is 1.91 bits per heavy atom. The largest absolute Gasteiger partial charge is 0.507 e. The smallest absolute Gasteiger partial charge is 0.229 e. The Balaban J connectivity index is 0.000000158. The number of nitrogen functional groups attached to an aromatic ring is 1. The summed E-state index contributed by atoms with van der Waals surface area (Å²) < 4.78 is 33.2. The zero-order chi connectivity index (χ0) is 38.4. The van der Waals surface area contributed by atoms with Crippen LogP contribution in [0.15, 0.2) is 121 Å². The molecule has 0 amide bonds. The summed E-state index contributed by atoms with van der Waals surface area (Å²) in [4.78, 5) is 35.0. The van der Waals surface area contributed by atoms with Crippen LogP contribution < -0.4 is 15.2 Å². The summed E-state index contributed by atoms with van der Waals surface area (Å²) in [5.74, 6) is -0.535. The minimum absolute atomic E-state index is 0.0189. The van der Waals surface area contributed by atoms with Gasteiger partial charge in [-0.15, -0.1) is 22.7 Å². The van der Waals surface area contributed by atoms with Crippen LogP contribution in [0.4, 0.5) is 11.4 Å². The minimum atomic E-state index is -3.29. The van der Waals surface area contributed by atoms with Crippen LogP contribution in [0.1, 0.15) is 37.4 Å². The Hall–Kier alpha value is -6.41. The summed E-state index contributed by atoms with van der Waals surface area (Å²) in [6.45, 7) is 2.09. The standard InChI is InChI=1S/C22H17N3O2S3.C20H13NO4/c1-13-3-9-17-19(11-13)28-22(24-17)15-6-10-18-20(12-15)29-21(23-18)14-4-7-16(8-5-14)25-30(2,26)27;21-18-15(25-11-6-2-1-3-7-11)10-14(22)16-17(18)20(24)13-9-5-4-8-12(13)19(16)23/h3-12,25H,1-2H3;1-10,22H,21H2. The summed E-state index contributed by atoms with van der Waals surface area (Å²) in [5.41, 5.74) is 12.3. The number of ether oxygens (including phenoxy) is 1. The number of nitrogens with one attached hydrogen (secondary N) is 1. The number of hydrogen-bond donors (Lipinski definition) is 3. The van der Waals surface area contributed by atoms with Gasteiger partial charge in [0.15, 0.2) is 17.3 Å². The molecule has 13 heteroatoms. The SMILES string of the molecule is Cc1ccc2nc(-c3ccc4nc(-c5ccc(NS(C)(=O)=O)cc5)sc4c3)sc2c1.Nc1c(Oc2ccccc2)cc(O)c2c1C(=O)c1ccccc1C2=O. The van der Waals surface area contributed by atoms with Crippen molar-refractivity contribution in [2.75, 3.05) is 16.7 Å². The molecule has 4 N–H and O–H groups in total. The van der Waals surface area contributed by atoms with Crippen molar-refractivity contribution >= 4 is 76.1 Å². The number of rotatable bonds is 6. The number of sulfonamides is 1. The number of nitrogens with two attached hydrogens (primary N) is 1. The average Bonchev–Trinajstić information content (AvgIpc) is 3.79. The number of aryl methyl sites for hydroxylation is 1. The van der Waals surface area contributed by atoms with Crippen molar-refractivity contribution in [3.8, 4) is 38.4 Å². The Morgan fingerprint density at radius 2 is 1.25 bits per heavy atom.